The van der Waals surface area contributed by atoms with Gasteiger partial charge in [0.25, 0.3) is 0 Å². The molecule has 0 saturated heterocycles. The molecular formula is C11H21N3O4S. The van der Waals surface area contributed by atoms with E-state index in [9.17, 15) is 14.4 Å². The Morgan fingerprint density at radius 3 is 2.37 bits per heavy atom. The van der Waals surface area contributed by atoms with Crippen LogP contribution in [0.25, 0.3) is 0 Å². The van der Waals surface area contributed by atoms with Crippen LogP contribution in [0, 0.1) is 0 Å². The van der Waals surface area contributed by atoms with Crippen molar-refractivity contribution >= 4 is 29.7 Å². The Morgan fingerprint density at radius 1 is 1.32 bits per heavy atom. The number of aliphatic carboxylic acids is 1. The van der Waals surface area contributed by atoms with Crippen LogP contribution in [0.2, 0.25) is 0 Å². The second kappa shape index (κ2) is 9.48. The van der Waals surface area contributed by atoms with Crippen molar-refractivity contribution in [2.75, 3.05) is 12.0 Å². The molecule has 8 heteroatoms. The van der Waals surface area contributed by atoms with Gasteiger partial charge in [-0.1, -0.05) is 6.92 Å². The zero-order chi connectivity index (χ0) is 14.8. The van der Waals surface area contributed by atoms with E-state index in [4.69, 9.17) is 10.8 Å². The maximum Gasteiger partial charge on any atom is 0.326 e. The number of carbonyl (C=O) groups excluding carboxylic acids is 2. The Kier molecular flexibility index (Phi) is 8.77. The van der Waals surface area contributed by atoms with Gasteiger partial charge in [-0.3, -0.25) is 4.79 Å². The Labute approximate surface area is 116 Å². The van der Waals surface area contributed by atoms with Gasteiger partial charge in [0.2, 0.25) is 5.91 Å². The van der Waals surface area contributed by atoms with E-state index in [0.717, 1.165) is 12.2 Å². The predicted octanol–water partition coefficient (Wildman–Crippen LogP) is 0.146. The number of thioether (sulfide) groups is 1. The summed E-state index contributed by atoms with van der Waals surface area (Å²) < 4.78 is 0. The molecule has 0 aliphatic carbocycles. The molecule has 0 radical (unpaired) electrons. The van der Waals surface area contributed by atoms with Gasteiger partial charge in [0.05, 0.1) is 0 Å². The molecule has 0 fully saturated rings. The van der Waals surface area contributed by atoms with Crippen molar-refractivity contribution in [1.29, 1.82) is 0 Å². The summed E-state index contributed by atoms with van der Waals surface area (Å²) in [4.78, 5) is 33.2. The summed E-state index contributed by atoms with van der Waals surface area (Å²) in [6.07, 6.45) is 2.58. The number of carboxylic acids is 1. The average Bonchev–Trinajstić information content (AvgIpc) is 2.33. The maximum atomic E-state index is 11.6. The van der Waals surface area contributed by atoms with Crippen molar-refractivity contribution in [1.82, 2.24) is 10.6 Å². The molecule has 110 valence electrons. The van der Waals surface area contributed by atoms with E-state index in [-0.39, 0.29) is 18.9 Å². The van der Waals surface area contributed by atoms with E-state index in [1.54, 1.807) is 11.8 Å². The van der Waals surface area contributed by atoms with Crippen molar-refractivity contribution in [2.45, 2.75) is 38.3 Å². The lowest BCUT2D eigenvalue weighted by atomic mass is 10.1. The van der Waals surface area contributed by atoms with E-state index in [0.29, 0.717) is 0 Å². The largest absolute Gasteiger partial charge is 0.480 e. The van der Waals surface area contributed by atoms with E-state index < -0.39 is 23.9 Å². The third-order valence-electron chi connectivity index (χ3n) is 2.48. The standard InChI is InChI=1S/C11H21N3O4S/c1-3-7(6-19-2)13-11(18)14-8(10(16)17)4-5-9(12)15/h7-8H,3-6H2,1-2H3,(H2,12,15)(H,16,17)(H2,13,14,18)/t7?,8-/m1/s1. The number of rotatable bonds is 9. The quantitative estimate of drug-likeness (QED) is 0.481. The third-order valence-corrected chi connectivity index (χ3v) is 3.21. The fraction of sp³-hybridized carbons (Fsp3) is 0.727. The van der Waals surface area contributed by atoms with Crippen LogP contribution in [0.3, 0.4) is 0 Å². The molecule has 0 saturated carbocycles. The van der Waals surface area contributed by atoms with Crippen LogP contribution >= 0.6 is 11.8 Å². The summed E-state index contributed by atoms with van der Waals surface area (Å²) in [6, 6.07) is -1.67. The number of amides is 3. The highest BCUT2D eigenvalue weighted by atomic mass is 32.2. The molecular weight excluding hydrogens is 270 g/mol. The number of carbonyl (C=O) groups is 3. The molecule has 0 aromatic rings. The van der Waals surface area contributed by atoms with Crippen LogP contribution in [0.4, 0.5) is 4.79 Å². The van der Waals surface area contributed by atoms with Gasteiger partial charge in [-0.2, -0.15) is 11.8 Å². The smallest absolute Gasteiger partial charge is 0.326 e. The van der Waals surface area contributed by atoms with E-state index >= 15 is 0 Å². The van der Waals surface area contributed by atoms with Gasteiger partial charge in [-0.15, -0.1) is 0 Å². The molecule has 0 spiro atoms. The lowest BCUT2D eigenvalue weighted by molar-refractivity contribution is -0.139. The molecule has 5 N–H and O–H groups in total. The van der Waals surface area contributed by atoms with Crippen molar-refractivity contribution < 1.29 is 19.5 Å². The number of primary amides is 1. The van der Waals surface area contributed by atoms with Gasteiger partial charge in [-0.25, -0.2) is 9.59 Å². The van der Waals surface area contributed by atoms with Crippen molar-refractivity contribution in [3.8, 4) is 0 Å². The second-order valence-corrected chi connectivity index (χ2v) is 4.98. The van der Waals surface area contributed by atoms with Crippen LogP contribution in [-0.4, -0.2) is 47.1 Å². The summed E-state index contributed by atoms with van der Waals surface area (Å²) in [6.45, 7) is 1.93. The van der Waals surface area contributed by atoms with Gasteiger partial charge in [-0.05, 0) is 19.1 Å². The Balaban J connectivity index is 4.30. The number of nitrogens with one attached hydrogen (secondary N) is 2. The fourth-order valence-electron chi connectivity index (χ4n) is 1.39. The van der Waals surface area contributed by atoms with E-state index in [1.165, 1.54) is 0 Å². The van der Waals surface area contributed by atoms with Gasteiger partial charge in [0.1, 0.15) is 6.04 Å². The molecule has 0 bridgehead atoms. The Hall–Kier alpha value is -1.44. The van der Waals surface area contributed by atoms with Crippen LogP contribution in [0.1, 0.15) is 26.2 Å². The molecule has 0 aromatic heterocycles. The van der Waals surface area contributed by atoms with Gasteiger partial charge >= 0.3 is 12.0 Å². The molecule has 2 atom stereocenters. The minimum absolute atomic E-state index is 0.0133. The van der Waals surface area contributed by atoms with E-state index in [2.05, 4.69) is 10.6 Å². The first-order chi connectivity index (χ1) is 8.90. The highest BCUT2D eigenvalue weighted by Gasteiger charge is 2.21. The molecule has 0 aliphatic heterocycles. The molecule has 3 amide bonds. The average molecular weight is 291 g/mol. The van der Waals surface area contributed by atoms with Crippen LogP contribution in [-0.2, 0) is 9.59 Å². The van der Waals surface area contributed by atoms with Crippen LogP contribution < -0.4 is 16.4 Å². The molecule has 7 nitrogen and oxygen atoms in total. The summed E-state index contributed by atoms with van der Waals surface area (Å²) in [7, 11) is 0. The molecule has 1 unspecified atom stereocenters. The number of hydrogen-bond donors (Lipinski definition) is 4. The first kappa shape index (κ1) is 17.6. The van der Waals surface area contributed by atoms with E-state index in [1.807, 2.05) is 13.2 Å². The summed E-state index contributed by atoms with van der Waals surface area (Å²) in [5.41, 5.74) is 4.95. The van der Waals surface area contributed by atoms with Crippen LogP contribution in [0.5, 0.6) is 0 Å². The summed E-state index contributed by atoms with van der Waals surface area (Å²) in [5.74, 6) is -1.03. The fourth-order valence-corrected chi connectivity index (χ4v) is 2.11. The Morgan fingerprint density at radius 2 is 1.95 bits per heavy atom. The maximum absolute atomic E-state index is 11.6. The normalized spacial score (nSPS) is 13.4. The summed E-state index contributed by atoms with van der Waals surface area (Å²) >= 11 is 1.60. The molecule has 0 aliphatic rings. The predicted molar refractivity (Wildman–Crippen MR) is 74.0 cm³/mol. The number of carboxylic acid groups (broad SMARTS) is 1. The van der Waals surface area contributed by atoms with Crippen LogP contribution in [0.15, 0.2) is 0 Å². The molecule has 0 rings (SSSR count). The highest BCUT2D eigenvalue weighted by molar-refractivity contribution is 7.98. The lowest BCUT2D eigenvalue weighted by Crippen LogP contribution is -2.49. The monoisotopic (exact) mass is 291 g/mol. The summed E-state index contributed by atoms with van der Waals surface area (Å²) in [5, 5.41) is 13.9. The zero-order valence-corrected chi connectivity index (χ0v) is 12.0. The minimum atomic E-state index is -1.19. The van der Waals surface area contributed by atoms with Crippen molar-refractivity contribution in [3.05, 3.63) is 0 Å². The SMILES string of the molecule is CCC(CSC)NC(=O)N[C@H](CCC(N)=O)C(=O)O. The van der Waals surface area contributed by atoms with Gasteiger partial charge in [0.15, 0.2) is 0 Å². The molecule has 0 aromatic carbocycles. The lowest BCUT2D eigenvalue weighted by Gasteiger charge is -2.19. The minimum Gasteiger partial charge on any atom is -0.480 e. The number of nitrogens with two attached hydrogens (primary N) is 1. The number of hydrogen-bond acceptors (Lipinski definition) is 4. The molecule has 0 heterocycles. The topological polar surface area (TPSA) is 122 Å². The van der Waals surface area contributed by atoms with Gasteiger partial charge < -0.3 is 21.5 Å². The first-order valence-electron chi connectivity index (χ1n) is 5.97. The third kappa shape index (κ3) is 8.30. The Bertz CT molecular complexity index is 325. The second-order valence-electron chi connectivity index (χ2n) is 4.07. The zero-order valence-electron chi connectivity index (χ0n) is 11.1. The van der Waals surface area contributed by atoms with Gasteiger partial charge in [0, 0.05) is 18.2 Å². The van der Waals surface area contributed by atoms with Crippen molar-refractivity contribution in [2.24, 2.45) is 5.73 Å². The molecule has 19 heavy (non-hydrogen) atoms. The number of urea groups is 1. The first-order valence-corrected chi connectivity index (χ1v) is 7.37. The highest BCUT2D eigenvalue weighted by Crippen LogP contribution is 2.02. The van der Waals surface area contributed by atoms with Crippen molar-refractivity contribution in [3.63, 3.8) is 0 Å².